The van der Waals surface area contributed by atoms with E-state index in [1.54, 1.807) is 14.2 Å². The highest BCUT2D eigenvalue weighted by Crippen LogP contribution is 2.45. The lowest BCUT2D eigenvalue weighted by Crippen LogP contribution is -2.42. The summed E-state index contributed by atoms with van der Waals surface area (Å²) in [5.41, 5.74) is 1.07. The fraction of sp³-hybridized carbons (Fsp3) is 0.650. The summed E-state index contributed by atoms with van der Waals surface area (Å²) in [5, 5.41) is 6.57. The van der Waals surface area contributed by atoms with E-state index < -0.39 is 9.84 Å². The van der Waals surface area contributed by atoms with Gasteiger partial charge < -0.3 is 20.1 Å². The van der Waals surface area contributed by atoms with Gasteiger partial charge in [0, 0.05) is 31.8 Å². The number of aryl methyl sites for hydroxylation is 1. The molecule has 0 radical (unpaired) electrons. The summed E-state index contributed by atoms with van der Waals surface area (Å²) in [6.07, 6.45) is 5.04. The minimum absolute atomic E-state index is 0.121. The van der Waals surface area contributed by atoms with Crippen molar-refractivity contribution in [2.75, 3.05) is 45.9 Å². The second-order valence-electron chi connectivity index (χ2n) is 7.44. The summed E-state index contributed by atoms with van der Waals surface area (Å²) in [5.74, 6) is 2.47. The highest BCUT2D eigenvalue weighted by molar-refractivity contribution is 7.90. The van der Waals surface area contributed by atoms with Crippen LogP contribution in [-0.4, -0.2) is 60.2 Å². The van der Waals surface area contributed by atoms with Crippen molar-refractivity contribution >= 4 is 15.8 Å². The van der Waals surface area contributed by atoms with E-state index in [9.17, 15) is 8.42 Å². The standard InChI is InChI=1S/C20H33N3O4S/c1-5-27-18-13-16(8-9-17(18)26-3)7-6-12-22-19(21-2)23-14-20(10-11-20)15-28(4,24)25/h8-9,13H,5-7,10-12,14-15H2,1-4H3,(H2,21,22,23). The molecule has 0 bridgehead atoms. The lowest BCUT2D eigenvalue weighted by Gasteiger charge is -2.18. The Labute approximate surface area is 168 Å². The number of ether oxygens (including phenoxy) is 2. The monoisotopic (exact) mass is 411 g/mol. The first-order chi connectivity index (χ1) is 13.3. The second kappa shape index (κ2) is 10.0. The summed E-state index contributed by atoms with van der Waals surface area (Å²) in [4.78, 5) is 4.23. The van der Waals surface area contributed by atoms with Crippen LogP contribution in [0.5, 0.6) is 11.5 Å². The number of aliphatic imine (C=N–C) groups is 1. The Morgan fingerprint density at radius 2 is 2.00 bits per heavy atom. The summed E-state index contributed by atoms with van der Waals surface area (Å²) < 4.78 is 34.1. The van der Waals surface area contributed by atoms with E-state index >= 15 is 0 Å². The highest BCUT2D eigenvalue weighted by Gasteiger charge is 2.45. The molecule has 0 amide bonds. The first-order valence-electron chi connectivity index (χ1n) is 9.73. The molecule has 1 fully saturated rings. The summed E-state index contributed by atoms with van der Waals surface area (Å²) >= 11 is 0. The Kier molecular flexibility index (Phi) is 7.98. The lowest BCUT2D eigenvalue weighted by molar-refractivity contribution is 0.310. The molecule has 2 rings (SSSR count). The largest absolute Gasteiger partial charge is 0.493 e. The molecule has 0 atom stereocenters. The van der Waals surface area contributed by atoms with Gasteiger partial charge in [-0.15, -0.1) is 0 Å². The van der Waals surface area contributed by atoms with Gasteiger partial charge in [-0.05, 0) is 50.3 Å². The fourth-order valence-electron chi connectivity index (χ4n) is 3.24. The van der Waals surface area contributed by atoms with Crippen LogP contribution in [0.2, 0.25) is 0 Å². The van der Waals surface area contributed by atoms with Crippen molar-refractivity contribution in [1.82, 2.24) is 10.6 Å². The van der Waals surface area contributed by atoms with Crippen molar-refractivity contribution < 1.29 is 17.9 Å². The van der Waals surface area contributed by atoms with Crippen LogP contribution in [0, 0.1) is 5.41 Å². The number of nitrogens with one attached hydrogen (secondary N) is 2. The average molecular weight is 412 g/mol. The smallest absolute Gasteiger partial charge is 0.190 e. The van der Waals surface area contributed by atoms with Gasteiger partial charge in [0.05, 0.1) is 19.5 Å². The van der Waals surface area contributed by atoms with Crippen LogP contribution in [0.4, 0.5) is 0 Å². The van der Waals surface area contributed by atoms with Gasteiger partial charge in [0.1, 0.15) is 9.84 Å². The minimum atomic E-state index is -2.96. The molecule has 1 aromatic rings. The molecule has 0 aliphatic heterocycles. The number of methoxy groups -OCH3 is 1. The van der Waals surface area contributed by atoms with Crippen LogP contribution in [0.15, 0.2) is 23.2 Å². The molecule has 0 unspecified atom stereocenters. The third kappa shape index (κ3) is 7.22. The molecule has 8 heteroatoms. The van der Waals surface area contributed by atoms with Crippen LogP contribution in [0.25, 0.3) is 0 Å². The highest BCUT2D eigenvalue weighted by atomic mass is 32.2. The van der Waals surface area contributed by atoms with E-state index in [2.05, 4.69) is 21.7 Å². The summed E-state index contributed by atoms with van der Waals surface area (Å²) in [7, 11) is 0.408. The van der Waals surface area contributed by atoms with Gasteiger partial charge in [0.25, 0.3) is 0 Å². The molecule has 158 valence electrons. The van der Waals surface area contributed by atoms with E-state index in [-0.39, 0.29) is 11.2 Å². The molecule has 0 heterocycles. The van der Waals surface area contributed by atoms with Gasteiger partial charge in [0.15, 0.2) is 17.5 Å². The zero-order valence-corrected chi connectivity index (χ0v) is 18.2. The topological polar surface area (TPSA) is 89.0 Å². The van der Waals surface area contributed by atoms with Gasteiger partial charge in [0.2, 0.25) is 0 Å². The fourth-order valence-corrected chi connectivity index (χ4v) is 4.74. The molecule has 0 spiro atoms. The van der Waals surface area contributed by atoms with Crippen LogP contribution in [0.3, 0.4) is 0 Å². The molecular weight excluding hydrogens is 378 g/mol. The predicted octanol–water partition coefficient (Wildman–Crippen LogP) is 2.02. The third-order valence-electron chi connectivity index (χ3n) is 4.84. The van der Waals surface area contributed by atoms with Crippen molar-refractivity contribution in [2.45, 2.75) is 32.6 Å². The molecule has 1 saturated carbocycles. The maximum absolute atomic E-state index is 11.6. The molecule has 7 nitrogen and oxygen atoms in total. The molecule has 2 N–H and O–H groups in total. The second-order valence-corrected chi connectivity index (χ2v) is 9.58. The number of guanidine groups is 1. The van der Waals surface area contributed by atoms with Crippen molar-refractivity contribution in [3.05, 3.63) is 23.8 Å². The minimum Gasteiger partial charge on any atom is -0.493 e. The Morgan fingerprint density at radius 3 is 2.57 bits per heavy atom. The molecule has 1 aliphatic rings. The van der Waals surface area contributed by atoms with Gasteiger partial charge in [-0.3, -0.25) is 4.99 Å². The van der Waals surface area contributed by atoms with E-state index in [0.717, 1.165) is 43.7 Å². The summed E-state index contributed by atoms with van der Waals surface area (Å²) in [6.45, 7) is 3.96. The maximum atomic E-state index is 11.6. The lowest BCUT2D eigenvalue weighted by atomic mass is 10.1. The average Bonchev–Trinajstić information content (AvgIpc) is 3.39. The molecule has 0 aromatic heterocycles. The number of sulfone groups is 1. The van der Waals surface area contributed by atoms with E-state index in [4.69, 9.17) is 9.47 Å². The summed E-state index contributed by atoms with van der Waals surface area (Å²) in [6, 6.07) is 6.01. The number of nitrogens with zero attached hydrogens (tertiary/aromatic N) is 1. The maximum Gasteiger partial charge on any atom is 0.190 e. The first kappa shape index (κ1) is 22.3. The predicted molar refractivity (Wildman–Crippen MR) is 113 cm³/mol. The Balaban J connectivity index is 1.75. The normalized spacial score (nSPS) is 15.8. The molecule has 0 saturated heterocycles. The van der Waals surface area contributed by atoms with Crippen LogP contribution >= 0.6 is 0 Å². The van der Waals surface area contributed by atoms with Crippen molar-refractivity contribution in [1.29, 1.82) is 0 Å². The Bertz CT molecular complexity index is 774. The quantitative estimate of drug-likeness (QED) is 0.329. The first-order valence-corrected chi connectivity index (χ1v) is 11.8. The van der Waals surface area contributed by atoms with Gasteiger partial charge >= 0.3 is 0 Å². The van der Waals surface area contributed by atoms with Gasteiger partial charge in [-0.25, -0.2) is 8.42 Å². The zero-order chi connectivity index (χ0) is 20.6. The number of benzene rings is 1. The van der Waals surface area contributed by atoms with Gasteiger partial charge in [-0.2, -0.15) is 0 Å². The molecule has 1 aromatic carbocycles. The zero-order valence-electron chi connectivity index (χ0n) is 17.4. The van der Waals surface area contributed by atoms with E-state index in [1.807, 2.05) is 19.1 Å². The molecule has 1 aliphatic carbocycles. The number of rotatable bonds is 11. The number of hydrogen-bond donors (Lipinski definition) is 2. The Morgan fingerprint density at radius 1 is 1.25 bits per heavy atom. The third-order valence-corrected chi connectivity index (χ3v) is 5.98. The van der Waals surface area contributed by atoms with Crippen LogP contribution in [-0.2, 0) is 16.3 Å². The van der Waals surface area contributed by atoms with Gasteiger partial charge in [-0.1, -0.05) is 6.07 Å². The Hall–Kier alpha value is -1.96. The van der Waals surface area contributed by atoms with Crippen molar-refractivity contribution in [2.24, 2.45) is 10.4 Å². The van der Waals surface area contributed by atoms with E-state index in [1.165, 1.54) is 11.8 Å². The van der Waals surface area contributed by atoms with Crippen LogP contribution < -0.4 is 20.1 Å². The van der Waals surface area contributed by atoms with Crippen molar-refractivity contribution in [3.63, 3.8) is 0 Å². The number of hydrogen-bond acceptors (Lipinski definition) is 5. The molecule has 28 heavy (non-hydrogen) atoms. The van der Waals surface area contributed by atoms with Crippen molar-refractivity contribution in [3.8, 4) is 11.5 Å². The van der Waals surface area contributed by atoms with Crippen LogP contribution in [0.1, 0.15) is 31.7 Å². The van der Waals surface area contributed by atoms with E-state index in [0.29, 0.717) is 19.1 Å². The SMILES string of the molecule is CCOc1cc(CCCNC(=NC)NCC2(CS(C)(=O)=O)CC2)ccc1OC. The molecular formula is C20H33N3O4S.